The maximum atomic E-state index is 5.29. The van der Waals surface area contributed by atoms with E-state index in [-0.39, 0.29) is 0 Å². The van der Waals surface area contributed by atoms with Crippen molar-refractivity contribution in [2.75, 3.05) is 17.7 Å². The van der Waals surface area contributed by atoms with Gasteiger partial charge in [-0.1, -0.05) is 12.1 Å². The van der Waals surface area contributed by atoms with Crippen molar-refractivity contribution in [3.63, 3.8) is 0 Å². The van der Waals surface area contributed by atoms with Crippen molar-refractivity contribution in [1.82, 2.24) is 20.2 Å². The number of pyridine rings is 1. The molecule has 0 saturated carbocycles. The molecule has 23 heavy (non-hydrogen) atoms. The molecule has 3 rings (SSSR count). The van der Waals surface area contributed by atoms with Crippen LogP contribution in [0.15, 0.2) is 55.0 Å². The van der Waals surface area contributed by atoms with E-state index in [0.29, 0.717) is 24.1 Å². The van der Waals surface area contributed by atoms with Gasteiger partial charge in [0.25, 0.3) is 0 Å². The Kier molecular flexibility index (Phi) is 4.58. The van der Waals surface area contributed by atoms with Gasteiger partial charge in [-0.2, -0.15) is 10.1 Å². The fraction of sp³-hybridized carbons (Fsp3) is 0.125. The number of rotatable bonds is 6. The van der Waals surface area contributed by atoms with Gasteiger partial charge in [-0.3, -0.25) is 4.98 Å². The smallest absolute Gasteiger partial charge is 0.249 e. The summed E-state index contributed by atoms with van der Waals surface area (Å²) in [5.41, 5.74) is 1.89. The summed E-state index contributed by atoms with van der Waals surface area (Å²) in [6.45, 7) is 0.634. The Morgan fingerprint density at radius 2 is 1.91 bits per heavy atom. The zero-order valence-electron chi connectivity index (χ0n) is 12.6. The van der Waals surface area contributed by atoms with E-state index in [1.807, 2.05) is 36.4 Å². The lowest BCUT2D eigenvalue weighted by atomic mass is 10.3. The number of aromatic nitrogens is 4. The minimum absolute atomic E-state index is 0.397. The van der Waals surface area contributed by atoms with Gasteiger partial charge in [-0.25, -0.2) is 0 Å². The second-order valence-corrected chi connectivity index (χ2v) is 4.70. The van der Waals surface area contributed by atoms with Crippen molar-refractivity contribution < 1.29 is 4.74 Å². The first-order valence-corrected chi connectivity index (χ1v) is 7.07. The second-order valence-electron chi connectivity index (χ2n) is 4.70. The summed E-state index contributed by atoms with van der Waals surface area (Å²) in [6.07, 6.45) is 5.09. The standard InChI is InChI=1S/C16H16N6O/c1-23-14-5-3-2-4-13(14)20-16-21-15(11-19-22-16)18-10-12-6-8-17-9-7-12/h2-9,11H,10H2,1H3,(H2,18,20,21,22). The number of para-hydroxylation sites is 2. The predicted octanol–water partition coefficient (Wildman–Crippen LogP) is 2.63. The van der Waals surface area contributed by atoms with Crippen LogP contribution < -0.4 is 15.4 Å². The normalized spacial score (nSPS) is 10.1. The molecule has 0 saturated heterocycles. The van der Waals surface area contributed by atoms with Crippen LogP contribution in [0.3, 0.4) is 0 Å². The van der Waals surface area contributed by atoms with E-state index < -0.39 is 0 Å². The van der Waals surface area contributed by atoms with Crippen LogP contribution in [0.2, 0.25) is 0 Å². The monoisotopic (exact) mass is 308 g/mol. The molecule has 7 nitrogen and oxygen atoms in total. The second kappa shape index (κ2) is 7.17. The highest BCUT2D eigenvalue weighted by Crippen LogP contribution is 2.25. The third kappa shape index (κ3) is 3.91. The van der Waals surface area contributed by atoms with Gasteiger partial charge < -0.3 is 15.4 Å². The number of nitrogens with zero attached hydrogens (tertiary/aromatic N) is 4. The number of ether oxygens (including phenoxy) is 1. The Morgan fingerprint density at radius 3 is 2.74 bits per heavy atom. The molecule has 0 aliphatic carbocycles. The van der Waals surface area contributed by atoms with Crippen LogP contribution in [-0.4, -0.2) is 27.3 Å². The van der Waals surface area contributed by atoms with Crippen LogP contribution in [0.1, 0.15) is 5.56 Å². The van der Waals surface area contributed by atoms with Crippen LogP contribution in [-0.2, 0) is 6.54 Å². The molecular formula is C16H16N6O. The molecule has 0 atom stereocenters. The molecule has 2 aromatic heterocycles. The first kappa shape index (κ1) is 14.7. The van der Waals surface area contributed by atoms with Gasteiger partial charge in [0, 0.05) is 18.9 Å². The van der Waals surface area contributed by atoms with Gasteiger partial charge in [0.05, 0.1) is 19.0 Å². The molecule has 3 aromatic rings. The van der Waals surface area contributed by atoms with E-state index in [2.05, 4.69) is 30.8 Å². The molecule has 0 bridgehead atoms. The molecule has 7 heteroatoms. The molecule has 0 aliphatic rings. The van der Waals surface area contributed by atoms with Crippen LogP contribution in [0.25, 0.3) is 0 Å². The van der Waals surface area contributed by atoms with Gasteiger partial charge >= 0.3 is 0 Å². The lowest BCUT2D eigenvalue weighted by molar-refractivity contribution is 0.417. The fourth-order valence-corrected chi connectivity index (χ4v) is 2.00. The lowest BCUT2D eigenvalue weighted by Crippen LogP contribution is -2.06. The lowest BCUT2D eigenvalue weighted by Gasteiger charge is -2.10. The van der Waals surface area contributed by atoms with Gasteiger partial charge in [-0.15, -0.1) is 5.10 Å². The topological polar surface area (TPSA) is 84.9 Å². The summed E-state index contributed by atoms with van der Waals surface area (Å²) in [5, 5.41) is 14.3. The number of hydrogen-bond acceptors (Lipinski definition) is 7. The molecule has 2 N–H and O–H groups in total. The van der Waals surface area contributed by atoms with Gasteiger partial charge in [0.1, 0.15) is 5.75 Å². The summed E-state index contributed by atoms with van der Waals surface area (Å²) in [7, 11) is 1.62. The van der Waals surface area contributed by atoms with Crippen LogP contribution >= 0.6 is 0 Å². The Labute approximate surface area is 133 Å². The van der Waals surface area contributed by atoms with E-state index in [0.717, 1.165) is 11.3 Å². The Balaban J connectivity index is 1.70. The van der Waals surface area contributed by atoms with E-state index in [9.17, 15) is 0 Å². The van der Waals surface area contributed by atoms with Crippen LogP contribution in [0, 0.1) is 0 Å². The van der Waals surface area contributed by atoms with E-state index in [1.165, 1.54) is 0 Å². The molecule has 0 aliphatic heterocycles. The Hall–Kier alpha value is -3.22. The Morgan fingerprint density at radius 1 is 1.09 bits per heavy atom. The summed E-state index contributed by atoms with van der Waals surface area (Å²) in [6, 6.07) is 11.4. The highest BCUT2D eigenvalue weighted by Gasteiger charge is 2.05. The Bertz CT molecular complexity index is 765. The van der Waals surface area contributed by atoms with E-state index >= 15 is 0 Å². The van der Waals surface area contributed by atoms with Gasteiger partial charge in [0.15, 0.2) is 5.82 Å². The van der Waals surface area contributed by atoms with Crippen molar-refractivity contribution in [1.29, 1.82) is 0 Å². The van der Waals surface area contributed by atoms with E-state index in [1.54, 1.807) is 25.7 Å². The highest BCUT2D eigenvalue weighted by molar-refractivity contribution is 5.62. The predicted molar refractivity (Wildman–Crippen MR) is 87.7 cm³/mol. The van der Waals surface area contributed by atoms with Crippen molar-refractivity contribution >= 4 is 17.5 Å². The third-order valence-electron chi connectivity index (χ3n) is 3.14. The maximum Gasteiger partial charge on any atom is 0.249 e. The molecule has 0 unspecified atom stereocenters. The number of methoxy groups -OCH3 is 1. The number of nitrogens with one attached hydrogen (secondary N) is 2. The quantitative estimate of drug-likeness (QED) is 0.724. The zero-order valence-corrected chi connectivity index (χ0v) is 12.6. The molecule has 0 amide bonds. The van der Waals surface area contributed by atoms with Crippen LogP contribution in [0.4, 0.5) is 17.5 Å². The van der Waals surface area contributed by atoms with Crippen molar-refractivity contribution in [3.05, 3.63) is 60.6 Å². The van der Waals surface area contributed by atoms with Crippen molar-refractivity contribution in [3.8, 4) is 5.75 Å². The first-order chi connectivity index (χ1) is 11.3. The molecular weight excluding hydrogens is 292 g/mol. The minimum atomic E-state index is 0.397. The minimum Gasteiger partial charge on any atom is -0.495 e. The summed E-state index contributed by atoms with van der Waals surface area (Å²) in [5.74, 6) is 1.75. The molecule has 2 heterocycles. The highest BCUT2D eigenvalue weighted by atomic mass is 16.5. The first-order valence-electron chi connectivity index (χ1n) is 7.07. The number of anilines is 3. The molecule has 0 spiro atoms. The number of benzene rings is 1. The SMILES string of the molecule is COc1ccccc1Nc1nncc(NCc2ccncc2)n1. The number of hydrogen-bond donors (Lipinski definition) is 2. The van der Waals surface area contributed by atoms with Crippen LogP contribution in [0.5, 0.6) is 5.75 Å². The van der Waals surface area contributed by atoms with Gasteiger partial charge in [0.2, 0.25) is 5.95 Å². The maximum absolute atomic E-state index is 5.29. The van der Waals surface area contributed by atoms with E-state index in [4.69, 9.17) is 4.74 Å². The molecule has 116 valence electrons. The van der Waals surface area contributed by atoms with Crippen molar-refractivity contribution in [2.45, 2.75) is 6.54 Å². The largest absolute Gasteiger partial charge is 0.495 e. The summed E-state index contributed by atoms with van der Waals surface area (Å²) in [4.78, 5) is 8.38. The molecule has 1 aromatic carbocycles. The zero-order chi connectivity index (χ0) is 15.9. The summed E-state index contributed by atoms with van der Waals surface area (Å²) >= 11 is 0. The fourth-order valence-electron chi connectivity index (χ4n) is 2.00. The summed E-state index contributed by atoms with van der Waals surface area (Å²) < 4.78 is 5.29. The molecule has 0 radical (unpaired) electrons. The van der Waals surface area contributed by atoms with Gasteiger partial charge in [-0.05, 0) is 29.8 Å². The molecule has 0 fully saturated rings. The third-order valence-corrected chi connectivity index (χ3v) is 3.14. The average Bonchev–Trinajstić information content (AvgIpc) is 2.62. The average molecular weight is 308 g/mol. The van der Waals surface area contributed by atoms with Crippen molar-refractivity contribution in [2.24, 2.45) is 0 Å².